The number of H-pyrrole nitrogens is 1. The molecule has 1 aromatic carbocycles. The Morgan fingerprint density at radius 2 is 1.91 bits per heavy atom. The van der Waals surface area contributed by atoms with Crippen molar-refractivity contribution in [3.8, 4) is 0 Å². The number of carbonyl (C=O) groups is 1. The van der Waals surface area contributed by atoms with Crippen LogP contribution >= 0.6 is 0 Å². The Morgan fingerprint density at radius 1 is 1.23 bits per heavy atom. The van der Waals surface area contributed by atoms with Crippen LogP contribution in [-0.4, -0.2) is 41.0 Å². The van der Waals surface area contributed by atoms with Crippen LogP contribution in [-0.2, 0) is 0 Å². The summed E-state index contributed by atoms with van der Waals surface area (Å²) in [7, 11) is 0. The fraction of sp³-hybridized carbons (Fsp3) is 0.375. The Balaban J connectivity index is 2.05. The molecule has 1 aliphatic heterocycles. The minimum atomic E-state index is -0.447. The number of rotatable bonds is 1. The van der Waals surface area contributed by atoms with E-state index in [4.69, 9.17) is 0 Å². The topological polar surface area (TPSA) is 65.2 Å². The molecule has 22 heavy (non-hydrogen) atoms. The van der Waals surface area contributed by atoms with Crippen LogP contribution in [0.15, 0.2) is 29.1 Å². The molecule has 0 spiro atoms. The zero-order chi connectivity index (χ0) is 15.9. The second-order valence-electron chi connectivity index (χ2n) is 5.92. The van der Waals surface area contributed by atoms with E-state index in [-0.39, 0.29) is 18.0 Å². The molecule has 0 bridgehead atoms. The highest BCUT2D eigenvalue weighted by atomic mass is 19.1. The second-order valence-corrected chi connectivity index (χ2v) is 5.92. The van der Waals surface area contributed by atoms with Gasteiger partial charge in [-0.15, -0.1) is 0 Å². The first-order valence-corrected chi connectivity index (χ1v) is 7.32. The summed E-state index contributed by atoms with van der Waals surface area (Å²) in [6, 6.07) is 5.73. The maximum atomic E-state index is 13.3. The highest BCUT2D eigenvalue weighted by Gasteiger charge is 2.26. The van der Waals surface area contributed by atoms with E-state index < -0.39 is 11.4 Å². The molecule has 0 aliphatic carbocycles. The van der Waals surface area contributed by atoms with Gasteiger partial charge in [-0.25, -0.2) is 4.39 Å². The fourth-order valence-electron chi connectivity index (χ4n) is 3.07. The van der Waals surface area contributed by atoms with Gasteiger partial charge in [-0.2, -0.15) is 0 Å². The Labute approximate surface area is 127 Å². The van der Waals surface area contributed by atoms with Gasteiger partial charge in [-0.1, -0.05) is 0 Å². The van der Waals surface area contributed by atoms with Gasteiger partial charge in [0.15, 0.2) is 0 Å². The maximum absolute atomic E-state index is 13.3. The molecule has 5 nitrogen and oxygen atoms in total. The van der Waals surface area contributed by atoms with Crippen molar-refractivity contribution in [1.82, 2.24) is 15.2 Å². The summed E-state index contributed by atoms with van der Waals surface area (Å²) in [5.74, 6) is -0.639. The van der Waals surface area contributed by atoms with E-state index in [1.165, 1.54) is 24.3 Å². The highest BCUT2D eigenvalue weighted by Crippen LogP contribution is 2.19. The number of amides is 1. The Kier molecular flexibility index (Phi) is 3.70. The number of aromatic nitrogens is 1. The first-order chi connectivity index (χ1) is 10.4. The Bertz CT molecular complexity index is 777. The van der Waals surface area contributed by atoms with E-state index >= 15 is 0 Å². The van der Waals surface area contributed by atoms with Gasteiger partial charge in [-0.3, -0.25) is 9.59 Å². The Morgan fingerprint density at radius 3 is 2.59 bits per heavy atom. The molecule has 6 heteroatoms. The number of nitrogens with zero attached hydrogens (tertiary/aromatic N) is 1. The number of aromatic amines is 1. The summed E-state index contributed by atoms with van der Waals surface area (Å²) >= 11 is 0. The second kappa shape index (κ2) is 5.53. The molecule has 0 unspecified atom stereocenters. The normalized spacial score (nSPS) is 22.0. The van der Waals surface area contributed by atoms with Gasteiger partial charge >= 0.3 is 0 Å². The molecule has 1 aromatic heterocycles. The molecule has 1 amide bonds. The summed E-state index contributed by atoms with van der Waals surface area (Å²) in [5, 5.41) is 3.92. The lowest BCUT2D eigenvalue weighted by atomic mass is 10.1. The monoisotopic (exact) mass is 303 g/mol. The number of pyridine rings is 1. The van der Waals surface area contributed by atoms with Gasteiger partial charge in [0.2, 0.25) is 5.56 Å². The van der Waals surface area contributed by atoms with E-state index in [0.29, 0.717) is 29.6 Å². The van der Waals surface area contributed by atoms with Crippen LogP contribution in [0.4, 0.5) is 4.39 Å². The largest absolute Gasteiger partial charge is 0.336 e. The van der Waals surface area contributed by atoms with Crippen LogP contribution in [0.25, 0.3) is 10.9 Å². The van der Waals surface area contributed by atoms with Crippen LogP contribution in [0.5, 0.6) is 0 Å². The minimum Gasteiger partial charge on any atom is -0.336 e. The first kappa shape index (κ1) is 14.7. The number of benzene rings is 1. The van der Waals surface area contributed by atoms with E-state index in [1.54, 1.807) is 4.90 Å². The molecule has 2 atom stereocenters. The van der Waals surface area contributed by atoms with Crippen molar-refractivity contribution in [2.45, 2.75) is 25.9 Å². The minimum absolute atomic E-state index is 0.192. The third-order valence-corrected chi connectivity index (χ3v) is 3.88. The third kappa shape index (κ3) is 2.74. The lowest BCUT2D eigenvalue weighted by molar-refractivity contribution is 0.0675. The molecular weight excluding hydrogens is 285 g/mol. The number of hydrogen-bond acceptors (Lipinski definition) is 3. The van der Waals surface area contributed by atoms with Crippen LogP contribution in [0.2, 0.25) is 0 Å². The Hall–Kier alpha value is -2.21. The zero-order valence-electron chi connectivity index (χ0n) is 12.5. The summed E-state index contributed by atoms with van der Waals surface area (Å²) in [6.07, 6.45) is 0. The van der Waals surface area contributed by atoms with Crippen LogP contribution in [0.3, 0.4) is 0 Å². The SMILES string of the molecule is C[C@H]1CN(C(=O)c2cc(=O)[nH]c3cc(F)ccc23)C[C@H](C)N1. The zero-order valence-corrected chi connectivity index (χ0v) is 12.5. The molecule has 0 radical (unpaired) electrons. The number of hydrogen-bond donors (Lipinski definition) is 2. The van der Waals surface area contributed by atoms with Crippen LogP contribution in [0.1, 0.15) is 24.2 Å². The van der Waals surface area contributed by atoms with Crippen molar-refractivity contribution in [1.29, 1.82) is 0 Å². The van der Waals surface area contributed by atoms with Crippen molar-refractivity contribution >= 4 is 16.8 Å². The van der Waals surface area contributed by atoms with E-state index in [0.717, 1.165) is 0 Å². The quantitative estimate of drug-likeness (QED) is 0.839. The first-order valence-electron chi connectivity index (χ1n) is 7.32. The molecule has 1 aliphatic rings. The molecule has 2 heterocycles. The molecule has 2 aromatic rings. The average Bonchev–Trinajstić information content (AvgIpc) is 2.44. The van der Waals surface area contributed by atoms with Crippen molar-refractivity contribution in [3.63, 3.8) is 0 Å². The summed E-state index contributed by atoms with van der Waals surface area (Å²) in [6.45, 7) is 5.19. The smallest absolute Gasteiger partial charge is 0.254 e. The maximum Gasteiger partial charge on any atom is 0.254 e. The number of piperazine rings is 1. The molecule has 1 fully saturated rings. The predicted octanol–water partition coefficient (Wildman–Crippen LogP) is 1.49. The average molecular weight is 303 g/mol. The van der Waals surface area contributed by atoms with Gasteiger partial charge in [0.25, 0.3) is 5.91 Å². The number of carbonyl (C=O) groups excluding carboxylic acids is 1. The van der Waals surface area contributed by atoms with Crippen molar-refractivity contribution in [2.75, 3.05) is 13.1 Å². The predicted molar refractivity (Wildman–Crippen MR) is 82.5 cm³/mol. The summed E-state index contributed by atoms with van der Waals surface area (Å²) in [5.41, 5.74) is 0.254. The summed E-state index contributed by atoms with van der Waals surface area (Å²) in [4.78, 5) is 28.9. The molecule has 2 N–H and O–H groups in total. The summed E-state index contributed by atoms with van der Waals surface area (Å²) < 4.78 is 13.3. The number of nitrogens with one attached hydrogen (secondary N) is 2. The van der Waals surface area contributed by atoms with Crippen molar-refractivity contribution in [3.05, 3.63) is 46.0 Å². The lowest BCUT2D eigenvalue weighted by Gasteiger charge is -2.36. The van der Waals surface area contributed by atoms with Gasteiger partial charge in [-0.05, 0) is 32.0 Å². The molecular formula is C16H18FN3O2. The number of halogens is 1. The molecule has 0 saturated carbocycles. The third-order valence-electron chi connectivity index (χ3n) is 3.88. The van der Waals surface area contributed by atoms with Crippen molar-refractivity contribution in [2.24, 2.45) is 0 Å². The van der Waals surface area contributed by atoms with Crippen molar-refractivity contribution < 1.29 is 9.18 Å². The van der Waals surface area contributed by atoms with E-state index in [2.05, 4.69) is 10.3 Å². The fourth-order valence-corrected chi connectivity index (χ4v) is 3.07. The van der Waals surface area contributed by atoms with E-state index in [9.17, 15) is 14.0 Å². The molecule has 116 valence electrons. The van der Waals surface area contributed by atoms with Gasteiger partial charge in [0.1, 0.15) is 5.82 Å². The lowest BCUT2D eigenvalue weighted by Crippen LogP contribution is -2.55. The molecule has 3 rings (SSSR count). The number of fused-ring (bicyclic) bond motifs is 1. The van der Waals surface area contributed by atoms with Gasteiger partial charge < -0.3 is 15.2 Å². The molecule has 1 saturated heterocycles. The van der Waals surface area contributed by atoms with Crippen LogP contribution in [0, 0.1) is 5.82 Å². The highest BCUT2D eigenvalue weighted by molar-refractivity contribution is 6.06. The van der Waals surface area contributed by atoms with Crippen LogP contribution < -0.4 is 10.9 Å². The van der Waals surface area contributed by atoms with Gasteiger partial charge in [0.05, 0.1) is 11.1 Å². The van der Waals surface area contributed by atoms with Gasteiger partial charge in [0, 0.05) is 36.6 Å². The standard InChI is InChI=1S/C16H18FN3O2/c1-9-7-20(8-10(2)18-9)16(22)13-6-15(21)19-14-5-11(17)3-4-12(13)14/h3-6,9-10,18H,7-8H2,1-2H3,(H,19,21)/t9-,10-/m0/s1. The van der Waals surface area contributed by atoms with E-state index in [1.807, 2.05) is 13.8 Å².